The molecule has 2 aromatic carbocycles. The molecule has 0 aromatic heterocycles. The highest BCUT2D eigenvalue weighted by Gasteiger charge is 2.46. The van der Waals surface area contributed by atoms with Crippen LogP contribution in [0.5, 0.6) is 0 Å². The zero-order chi connectivity index (χ0) is 17.3. The Labute approximate surface area is 151 Å². The van der Waals surface area contributed by atoms with Gasteiger partial charge in [-0.3, -0.25) is 4.79 Å². The monoisotopic (exact) mass is 363 g/mol. The molecule has 0 aliphatic carbocycles. The van der Waals surface area contributed by atoms with Crippen molar-refractivity contribution in [2.75, 3.05) is 20.1 Å². The smallest absolute Gasteiger partial charge is 0.170 e. The lowest BCUT2D eigenvalue weighted by molar-refractivity contribution is -0.0594. The fraction of sp³-hybridized carbons (Fsp3) is 0.316. The summed E-state index contributed by atoms with van der Waals surface area (Å²) >= 11 is 12.1. The summed E-state index contributed by atoms with van der Waals surface area (Å²) in [5.41, 5.74) is -0.0386. The summed E-state index contributed by atoms with van der Waals surface area (Å²) in [6, 6.07) is 14.0. The molecule has 1 aliphatic rings. The van der Waals surface area contributed by atoms with E-state index in [2.05, 4.69) is 4.90 Å². The van der Waals surface area contributed by atoms with Crippen LogP contribution < -0.4 is 0 Å². The van der Waals surface area contributed by atoms with Crippen LogP contribution in [-0.4, -0.2) is 35.9 Å². The van der Waals surface area contributed by atoms with Crippen LogP contribution in [0.4, 0.5) is 0 Å². The van der Waals surface area contributed by atoms with Crippen LogP contribution in [0.3, 0.4) is 0 Å². The molecule has 2 atom stereocenters. The fourth-order valence-electron chi connectivity index (χ4n) is 3.34. The summed E-state index contributed by atoms with van der Waals surface area (Å²) in [5, 5.41) is 12.5. The van der Waals surface area contributed by atoms with E-state index in [9.17, 15) is 9.90 Å². The number of aliphatic hydroxyl groups is 1. The molecule has 1 N–H and O–H groups in total. The molecule has 3 nitrogen and oxygen atoms in total. The van der Waals surface area contributed by atoms with Crippen LogP contribution in [0.2, 0.25) is 10.0 Å². The SMILES string of the molecule is CN1CCC(O)(c2cccc(Cl)c2)C(C(=O)c2cccc(Cl)c2)C1. The molecule has 0 amide bonds. The van der Waals surface area contributed by atoms with E-state index >= 15 is 0 Å². The van der Waals surface area contributed by atoms with Gasteiger partial charge >= 0.3 is 0 Å². The number of likely N-dealkylation sites (tertiary alicyclic amines) is 1. The predicted molar refractivity (Wildman–Crippen MR) is 96.7 cm³/mol. The van der Waals surface area contributed by atoms with E-state index in [1.165, 1.54) is 0 Å². The standard InChI is InChI=1S/C19H19Cl2NO2/c1-22-9-8-19(24,14-5-3-7-16(21)11-14)17(12-22)18(23)13-4-2-6-15(20)10-13/h2-7,10-11,17,24H,8-9,12H2,1H3. The van der Waals surface area contributed by atoms with E-state index in [0.29, 0.717) is 40.7 Å². The highest BCUT2D eigenvalue weighted by atomic mass is 35.5. The lowest BCUT2D eigenvalue weighted by Gasteiger charge is -2.43. The van der Waals surface area contributed by atoms with Crippen molar-refractivity contribution < 1.29 is 9.90 Å². The Morgan fingerprint density at radius 1 is 1.17 bits per heavy atom. The maximum absolute atomic E-state index is 13.1. The number of piperidine rings is 1. The van der Waals surface area contributed by atoms with Gasteiger partial charge in [0.1, 0.15) is 5.60 Å². The minimum atomic E-state index is -1.24. The van der Waals surface area contributed by atoms with Crippen molar-refractivity contribution in [1.29, 1.82) is 0 Å². The van der Waals surface area contributed by atoms with Crippen molar-refractivity contribution in [2.24, 2.45) is 5.92 Å². The van der Waals surface area contributed by atoms with E-state index in [0.717, 1.165) is 0 Å². The molecule has 1 aliphatic heterocycles. The maximum Gasteiger partial charge on any atom is 0.170 e. The molecule has 2 unspecified atom stereocenters. The lowest BCUT2D eigenvalue weighted by Crippen LogP contribution is -2.52. The molecule has 0 radical (unpaired) electrons. The maximum atomic E-state index is 13.1. The number of carbonyl (C=O) groups excluding carboxylic acids is 1. The van der Waals surface area contributed by atoms with Gasteiger partial charge in [0, 0.05) is 28.7 Å². The Hall–Kier alpha value is -1.39. The Morgan fingerprint density at radius 2 is 1.83 bits per heavy atom. The first-order valence-electron chi connectivity index (χ1n) is 7.87. The van der Waals surface area contributed by atoms with Gasteiger partial charge in [-0.25, -0.2) is 0 Å². The molecule has 2 aromatic rings. The Balaban J connectivity index is 2.02. The van der Waals surface area contributed by atoms with Crippen molar-refractivity contribution in [3.8, 4) is 0 Å². The zero-order valence-electron chi connectivity index (χ0n) is 13.4. The van der Waals surface area contributed by atoms with Gasteiger partial charge in [-0.2, -0.15) is 0 Å². The molecule has 126 valence electrons. The first-order chi connectivity index (χ1) is 11.4. The highest BCUT2D eigenvalue weighted by molar-refractivity contribution is 6.31. The molecule has 0 spiro atoms. The second kappa shape index (κ2) is 6.85. The summed E-state index contributed by atoms with van der Waals surface area (Å²) in [4.78, 5) is 15.2. The van der Waals surface area contributed by atoms with Gasteiger partial charge in [0.15, 0.2) is 5.78 Å². The minimum Gasteiger partial charge on any atom is -0.384 e. The normalized spacial score (nSPS) is 24.8. The second-order valence-corrected chi connectivity index (χ2v) is 7.25. The van der Waals surface area contributed by atoms with Crippen molar-refractivity contribution in [3.05, 3.63) is 69.7 Å². The fourth-order valence-corrected chi connectivity index (χ4v) is 3.72. The van der Waals surface area contributed by atoms with Gasteiger partial charge in [0.25, 0.3) is 0 Å². The Morgan fingerprint density at radius 3 is 2.50 bits per heavy atom. The van der Waals surface area contributed by atoms with E-state index in [4.69, 9.17) is 23.2 Å². The van der Waals surface area contributed by atoms with Crippen LogP contribution in [0, 0.1) is 5.92 Å². The van der Waals surface area contributed by atoms with Crippen LogP contribution in [0.25, 0.3) is 0 Å². The molecule has 0 bridgehead atoms. The summed E-state index contributed by atoms with van der Waals surface area (Å²) in [5.74, 6) is -0.681. The van der Waals surface area contributed by atoms with E-state index in [1.807, 2.05) is 13.1 Å². The predicted octanol–water partition coefficient (Wildman–Crippen LogP) is 4.02. The quantitative estimate of drug-likeness (QED) is 0.837. The third-order valence-corrected chi connectivity index (χ3v) is 5.17. The summed E-state index contributed by atoms with van der Waals surface area (Å²) in [6.07, 6.45) is 0.473. The van der Waals surface area contributed by atoms with Gasteiger partial charge in [0.05, 0.1) is 5.92 Å². The largest absolute Gasteiger partial charge is 0.384 e. The molecule has 1 fully saturated rings. The van der Waals surface area contributed by atoms with Crippen molar-refractivity contribution >= 4 is 29.0 Å². The molecule has 3 rings (SSSR count). The van der Waals surface area contributed by atoms with Crippen molar-refractivity contribution in [3.63, 3.8) is 0 Å². The van der Waals surface area contributed by atoms with Gasteiger partial charge < -0.3 is 10.0 Å². The average Bonchev–Trinajstić information content (AvgIpc) is 2.56. The molecular weight excluding hydrogens is 345 g/mol. The number of hydrogen-bond acceptors (Lipinski definition) is 3. The number of halogens is 2. The Bertz CT molecular complexity index is 765. The minimum absolute atomic E-state index is 0.105. The van der Waals surface area contributed by atoms with Gasteiger partial charge in [-0.05, 0) is 43.3 Å². The first kappa shape index (κ1) is 17.4. The van der Waals surface area contributed by atoms with Crippen LogP contribution in [-0.2, 0) is 5.60 Å². The van der Waals surface area contributed by atoms with E-state index in [1.54, 1.807) is 42.5 Å². The number of rotatable bonds is 3. The second-order valence-electron chi connectivity index (χ2n) is 6.37. The number of carbonyl (C=O) groups is 1. The number of ketones is 1. The summed E-state index contributed by atoms with van der Waals surface area (Å²) in [6.45, 7) is 1.19. The first-order valence-corrected chi connectivity index (χ1v) is 8.62. The van der Waals surface area contributed by atoms with Gasteiger partial charge in [-0.1, -0.05) is 47.5 Å². The van der Waals surface area contributed by atoms with Crippen LogP contribution in [0.15, 0.2) is 48.5 Å². The van der Waals surface area contributed by atoms with Crippen LogP contribution in [0.1, 0.15) is 22.3 Å². The summed E-state index contributed by atoms with van der Waals surface area (Å²) in [7, 11) is 1.95. The van der Waals surface area contributed by atoms with Crippen molar-refractivity contribution in [2.45, 2.75) is 12.0 Å². The summed E-state index contributed by atoms with van der Waals surface area (Å²) < 4.78 is 0. The average molecular weight is 364 g/mol. The van der Waals surface area contributed by atoms with Crippen molar-refractivity contribution in [1.82, 2.24) is 4.90 Å². The number of Topliss-reactive ketones (excluding diaryl/α,β-unsaturated/α-hetero) is 1. The molecule has 0 saturated carbocycles. The zero-order valence-corrected chi connectivity index (χ0v) is 14.9. The van der Waals surface area contributed by atoms with E-state index in [-0.39, 0.29) is 5.78 Å². The molecule has 24 heavy (non-hydrogen) atoms. The van der Waals surface area contributed by atoms with Crippen LogP contribution >= 0.6 is 23.2 Å². The van der Waals surface area contributed by atoms with E-state index < -0.39 is 11.5 Å². The number of nitrogens with zero attached hydrogens (tertiary/aromatic N) is 1. The molecule has 1 saturated heterocycles. The number of hydrogen-bond donors (Lipinski definition) is 1. The molecular formula is C19H19Cl2NO2. The van der Waals surface area contributed by atoms with Gasteiger partial charge in [-0.15, -0.1) is 0 Å². The lowest BCUT2D eigenvalue weighted by atomic mass is 9.73. The topological polar surface area (TPSA) is 40.5 Å². The number of benzene rings is 2. The third-order valence-electron chi connectivity index (χ3n) is 4.70. The third kappa shape index (κ3) is 3.35. The highest BCUT2D eigenvalue weighted by Crippen LogP contribution is 2.39. The Kier molecular flexibility index (Phi) is 4.97. The molecule has 1 heterocycles. The van der Waals surface area contributed by atoms with Gasteiger partial charge in [0.2, 0.25) is 0 Å². The molecule has 5 heteroatoms.